The van der Waals surface area contributed by atoms with Crippen molar-refractivity contribution in [1.29, 1.82) is 0 Å². The van der Waals surface area contributed by atoms with Crippen LogP contribution in [0.25, 0.3) is 0 Å². The molecule has 1 aliphatic heterocycles. The molecule has 0 aromatic heterocycles. The van der Waals surface area contributed by atoms with Crippen molar-refractivity contribution in [2.45, 2.75) is 58.5 Å². The highest BCUT2D eigenvalue weighted by Crippen LogP contribution is 2.26. The maximum Gasteiger partial charge on any atom is 0.511 e. The van der Waals surface area contributed by atoms with Crippen LogP contribution in [0.5, 0.6) is 0 Å². The lowest BCUT2D eigenvalue weighted by atomic mass is 9.86. The van der Waals surface area contributed by atoms with Crippen LogP contribution in [0.2, 0.25) is 0 Å². The lowest BCUT2D eigenvalue weighted by Crippen LogP contribution is -2.54. The number of amides is 3. The van der Waals surface area contributed by atoms with Gasteiger partial charge in [0.25, 0.3) is 0 Å². The number of esters is 1. The Morgan fingerprint density at radius 2 is 1.58 bits per heavy atom. The molecule has 2 aliphatic rings. The standard InChI is InChI=1S/C32H41N5O8/c1-3-42-32(41)45-22(2)44-29(38)25-9-13-26(14-10-25)34-30(39)37-19-17-36(18-20-37)27-15-11-24(12-16-27)28(33)35-31(40)43-21-23-7-5-4-6-8-23/h4-8,11-12,15-16,22,25-26H,3,9-10,13-14,17-21H2,1-2H3,(H,34,39)(H2,33,35,40). The van der Waals surface area contributed by atoms with E-state index in [2.05, 4.69) is 19.9 Å². The molecule has 13 heteroatoms. The van der Waals surface area contributed by atoms with Crippen molar-refractivity contribution in [3.05, 3.63) is 65.7 Å². The van der Waals surface area contributed by atoms with E-state index in [1.54, 1.807) is 24.0 Å². The molecule has 3 amide bonds. The second kappa shape index (κ2) is 16.3. The molecule has 3 N–H and O–H groups in total. The number of nitrogens with one attached hydrogen (secondary N) is 1. The molecular formula is C32H41N5O8. The van der Waals surface area contributed by atoms with Crippen molar-refractivity contribution >= 4 is 35.8 Å². The molecule has 242 valence electrons. The summed E-state index contributed by atoms with van der Waals surface area (Å²) in [6, 6.07) is 16.6. The summed E-state index contributed by atoms with van der Waals surface area (Å²) in [7, 11) is 0. The summed E-state index contributed by atoms with van der Waals surface area (Å²) in [6.45, 7) is 5.85. The molecular weight excluding hydrogens is 582 g/mol. The molecule has 1 saturated heterocycles. The van der Waals surface area contributed by atoms with E-state index in [4.69, 9.17) is 19.9 Å². The van der Waals surface area contributed by atoms with Crippen LogP contribution in [0.4, 0.5) is 20.1 Å². The van der Waals surface area contributed by atoms with Gasteiger partial charge in [-0.25, -0.2) is 14.4 Å². The lowest BCUT2D eigenvalue weighted by Gasteiger charge is -2.37. The number of urea groups is 1. The van der Waals surface area contributed by atoms with Gasteiger partial charge >= 0.3 is 24.2 Å². The van der Waals surface area contributed by atoms with Crippen LogP contribution in [-0.2, 0) is 30.3 Å². The van der Waals surface area contributed by atoms with Crippen LogP contribution >= 0.6 is 0 Å². The Hall–Kier alpha value is -4.81. The first-order chi connectivity index (χ1) is 21.7. The average Bonchev–Trinajstić information content (AvgIpc) is 3.04. The van der Waals surface area contributed by atoms with Crippen molar-refractivity contribution in [3.63, 3.8) is 0 Å². The van der Waals surface area contributed by atoms with E-state index in [0.29, 0.717) is 57.4 Å². The molecule has 0 spiro atoms. The highest BCUT2D eigenvalue weighted by Gasteiger charge is 2.31. The summed E-state index contributed by atoms with van der Waals surface area (Å²) < 4.78 is 20.0. The predicted octanol–water partition coefficient (Wildman–Crippen LogP) is 4.18. The second-order valence-electron chi connectivity index (χ2n) is 10.9. The predicted molar refractivity (Wildman–Crippen MR) is 166 cm³/mol. The lowest BCUT2D eigenvalue weighted by molar-refractivity contribution is -0.173. The number of nitrogens with zero attached hydrogens (tertiary/aromatic N) is 3. The van der Waals surface area contributed by atoms with Crippen LogP contribution in [0, 0.1) is 5.92 Å². The van der Waals surface area contributed by atoms with Crippen molar-refractivity contribution in [3.8, 4) is 0 Å². The Kier molecular flexibility index (Phi) is 12.0. The maximum atomic E-state index is 12.9. The van der Waals surface area contributed by atoms with E-state index >= 15 is 0 Å². The minimum atomic E-state index is -1.03. The topological polar surface area (TPSA) is 162 Å². The fourth-order valence-corrected chi connectivity index (χ4v) is 5.24. The van der Waals surface area contributed by atoms with Gasteiger partial charge in [0, 0.05) is 50.4 Å². The summed E-state index contributed by atoms with van der Waals surface area (Å²) >= 11 is 0. The van der Waals surface area contributed by atoms with E-state index < -0.39 is 24.5 Å². The van der Waals surface area contributed by atoms with Crippen molar-refractivity contribution in [1.82, 2.24) is 10.2 Å². The van der Waals surface area contributed by atoms with E-state index in [0.717, 1.165) is 11.3 Å². The number of hydrogen-bond donors (Lipinski definition) is 2. The number of piperazine rings is 1. The third-order valence-electron chi connectivity index (χ3n) is 7.71. The number of carbonyl (C=O) groups excluding carboxylic acids is 4. The summed E-state index contributed by atoms with van der Waals surface area (Å²) in [6.07, 6.45) is -0.205. The largest absolute Gasteiger partial charge is 0.511 e. The first-order valence-electron chi connectivity index (χ1n) is 15.2. The Labute approximate surface area is 262 Å². The number of ether oxygens (including phenoxy) is 4. The normalized spacial score (nSPS) is 19.2. The Bertz CT molecular complexity index is 1320. The van der Waals surface area contributed by atoms with E-state index in [1.807, 2.05) is 42.5 Å². The quantitative estimate of drug-likeness (QED) is 0.136. The van der Waals surface area contributed by atoms with Crippen LogP contribution in [0.15, 0.2) is 59.6 Å². The summed E-state index contributed by atoms with van der Waals surface area (Å²) in [5.74, 6) is -0.655. The third kappa shape index (κ3) is 10.1. The molecule has 0 radical (unpaired) electrons. The first kappa shape index (κ1) is 33.1. The zero-order valence-electron chi connectivity index (χ0n) is 25.7. The Morgan fingerprint density at radius 3 is 2.22 bits per heavy atom. The van der Waals surface area contributed by atoms with E-state index in [9.17, 15) is 19.2 Å². The molecule has 2 aromatic carbocycles. The van der Waals surface area contributed by atoms with Gasteiger partial charge in [-0.1, -0.05) is 30.3 Å². The number of rotatable bonds is 9. The monoisotopic (exact) mass is 623 g/mol. The number of carbonyl (C=O) groups is 4. The van der Waals surface area contributed by atoms with Crippen LogP contribution in [0.1, 0.15) is 50.7 Å². The van der Waals surface area contributed by atoms with Crippen LogP contribution in [0.3, 0.4) is 0 Å². The molecule has 1 saturated carbocycles. The van der Waals surface area contributed by atoms with Gasteiger partial charge in [-0.05, 0) is 62.4 Å². The molecule has 1 aliphatic carbocycles. The van der Waals surface area contributed by atoms with Crippen molar-refractivity contribution in [2.75, 3.05) is 37.7 Å². The molecule has 2 fully saturated rings. The molecule has 4 rings (SSSR count). The molecule has 0 bridgehead atoms. The number of benzene rings is 2. The van der Waals surface area contributed by atoms with Gasteiger partial charge in [0.2, 0.25) is 6.29 Å². The number of hydrogen-bond acceptors (Lipinski definition) is 9. The second-order valence-corrected chi connectivity index (χ2v) is 10.9. The highest BCUT2D eigenvalue weighted by molar-refractivity contribution is 6.02. The van der Waals surface area contributed by atoms with Gasteiger partial charge in [-0.15, -0.1) is 0 Å². The fraction of sp³-hybridized carbons (Fsp3) is 0.469. The minimum absolute atomic E-state index is 0.0249. The average molecular weight is 624 g/mol. The Morgan fingerprint density at radius 1 is 0.911 bits per heavy atom. The summed E-state index contributed by atoms with van der Waals surface area (Å²) in [5, 5.41) is 3.10. The van der Waals surface area contributed by atoms with E-state index in [-0.39, 0.29) is 37.0 Å². The maximum absolute atomic E-state index is 12.9. The number of anilines is 1. The van der Waals surface area contributed by atoms with E-state index in [1.165, 1.54) is 6.92 Å². The van der Waals surface area contributed by atoms with Crippen LogP contribution < -0.4 is 16.0 Å². The smallest absolute Gasteiger partial charge is 0.443 e. The number of amidine groups is 1. The summed E-state index contributed by atoms with van der Waals surface area (Å²) in [4.78, 5) is 56.7. The minimum Gasteiger partial charge on any atom is -0.443 e. The molecule has 1 atom stereocenters. The Balaban J connectivity index is 1.16. The summed E-state index contributed by atoms with van der Waals surface area (Å²) in [5.41, 5.74) is 8.47. The first-order valence-corrected chi connectivity index (χ1v) is 15.2. The SMILES string of the molecule is CCOC(=O)OC(C)OC(=O)C1CCC(NC(=O)N2CCN(c3ccc(/C(N)=N\C(=O)OCc4ccccc4)cc3)CC2)CC1. The van der Waals surface area contributed by atoms with Crippen molar-refractivity contribution < 1.29 is 38.1 Å². The van der Waals surface area contributed by atoms with Gasteiger partial charge in [0.1, 0.15) is 12.4 Å². The van der Waals surface area contributed by atoms with Gasteiger partial charge in [0.05, 0.1) is 12.5 Å². The zero-order chi connectivity index (χ0) is 32.2. The van der Waals surface area contributed by atoms with Crippen LogP contribution in [-0.4, -0.2) is 80.1 Å². The fourth-order valence-electron chi connectivity index (χ4n) is 5.24. The van der Waals surface area contributed by atoms with Gasteiger partial charge in [-0.3, -0.25) is 4.79 Å². The molecule has 1 heterocycles. The molecule has 1 unspecified atom stereocenters. The molecule has 45 heavy (non-hydrogen) atoms. The number of nitrogens with two attached hydrogens (primary N) is 1. The highest BCUT2D eigenvalue weighted by atomic mass is 16.8. The third-order valence-corrected chi connectivity index (χ3v) is 7.71. The molecule has 13 nitrogen and oxygen atoms in total. The zero-order valence-corrected chi connectivity index (χ0v) is 25.7. The number of aliphatic imine (C=N–C) groups is 1. The van der Waals surface area contributed by atoms with Gasteiger partial charge < -0.3 is 39.8 Å². The van der Waals surface area contributed by atoms with Gasteiger partial charge in [0.15, 0.2) is 0 Å². The van der Waals surface area contributed by atoms with Crippen molar-refractivity contribution in [2.24, 2.45) is 16.6 Å². The molecule has 2 aromatic rings. The van der Waals surface area contributed by atoms with Gasteiger partial charge in [-0.2, -0.15) is 4.99 Å².